The summed E-state index contributed by atoms with van der Waals surface area (Å²) < 4.78 is 123. The number of halogens is 9. The Labute approximate surface area is 436 Å². The van der Waals surface area contributed by atoms with E-state index in [1.807, 2.05) is 0 Å². The molecule has 0 radical (unpaired) electrons. The smallest absolute Gasteiger partial charge is 0.422 e. The number of para-hydroxylation sites is 3. The molecule has 16 heteroatoms. The molecule has 0 aliphatic heterocycles. The SMILES string of the molecule is CCCC[N+](CCCC)(CCCC)c1ccccc1C(F)(F)F.CCCC[N+](CCCC)(CCCC)c1ccccc1C(F)(F)F.CCCC[N+](CCCC)(CCCC)c1ccccc1C(F)(F)F.[O-]B([O-])[O-]. The second-order valence-corrected chi connectivity index (χ2v) is 19.5. The maximum atomic E-state index is 13.5. The average molecular weight is 1050 g/mol. The molecular weight excluding hydrogens is 956 g/mol. The fourth-order valence-electron chi connectivity index (χ4n) is 9.62. The largest absolute Gasteiger partial charge is 0.907 e. The highest BCUT2D eigenvalue weighted by molar-refractivity contribution is 6.24. The van der Waals surface area contributed by atoms with Crippen LogP contribution in [-0.4, -0.2) is 66.2 Å². The van der Waals surface area contributed by atoms with Crippen molar-refractivity contribution in [3.05, 3.63) is 89.5 Å². The first-order chi connectivity index (χ1) is 34.5. The van der Waals surface area contributed by atoms with Crippen molar-refractivity contribution in [3.8, 4) is 0 Å². The van der Waals surface area contributed by atoms with E-state index < -0.39 is 42.5 Å². The third kappa shape index (κ3) is 25.0. The van der Waals surface area contributed by atoms with Gasteiger partial charge in [-0.3, -0.25) is 20.8 Å². The molecule has 3 aromatic rings. The van der Waals surface area contributed by atoms with Gasteiger partial charge in [-0.2, -0.15) is 39.5 Å². The van der Waals surface area contributed by atoms with E-state index in [0.29, 0.717) is 30.5 Å². The van der Waals surface area contributed by atoms with Gasteiger partial charge in [0.1, 0.15) is 33.8 Å². The van der Waals surface area contributed by atoms with Crippen LogP contribution in [0.5, 0.6) is 0 Å². The van der Waals surface area contributed by atoms with Gasteiger partial charge in [-0.15, -0.1) is 0 Å². The highest BCUT2D eigenvalue weighted by Crippen LogP contribution is 2.43. The van der Waals surface area contributed by atoms with E-state index in [-0.39, 0.29) is 0 Å². The fourth-order valence-corrected chi connectivity index (χ4v) is 9.62. The summed E-state index contributed by atoms with van der Waals surface area (Å²) in [4.78, 5) is 0. The molecule has 0 aromatic heterocycles. The zero-order chi connectivity index (χ0) is 55.6. The molecule has 0 saturated carbocycles. The van der Waals surface area contributed by atoms with E-state index in [2.05, 4.69) is 62.3 Å². The van der Waals surface area contributed by atoms with Gasteiger partial charge in [0, 0.05) is 0 Å². The molecule has 0 saturated heterocycles. The molecule has 0 N–H and O–H groups in total. The van der Waals surface area contributed by atoms with Crippen molar-refractivity contribution in [2.75, 3.05) is 58.9 Å². The summed E-state index contributed by atoms with van der Waals surface area (Å²) in [6, 6.07) is 18.6. The maximum absolute atomic E-state index is 13.5. The summed E-state index contributed by atoms with van der Waals surface area (Å²) in [6.45, 7) is 26.1. The molecule has 0 unspecified atom stereocenters. The Hall–Kier alpha value is -3.15. The minimum Gasteiger partial charge on any atom is -0.907 e. The molecule has 73 heavy (non-hydrogen) atoms. The van der Waals surface area contributed by atoms with Crippen LogP contribution in [0.2, 0.25) is 0 Å². The van der Waals surface area contributed by atoms with E-state index in [1.54, 1.807) is 36.4 Å². The number of quaternary nitrogens is 3. The highest BCUT2D eigenvalue weighted by Gasteiger charge is 2.44. The van der Waals surface area contributed by atoms with Crippen LogP contribution < -0.4 is 28.5 Å². The molecular formula is C57H93BF9N3O3. The molecule has 0 bridgehead atoms. The van der Waals surface area contributed by atoms with Gasteiger partial charge in [0.25, 0.3) is 0 Å². The van der Waals surface area contributed by atoms with Crippen LogP contribution in [0.15, 0.2) is 72.8 Å². The van der Waals surface area contributed by atoms with Crippen molar-refractivity contribution in [3.63, 3.8) is 0 Å². The van der Waals surface area contributed by atoms with E-state index in [0.717, 1.165) is 174 Å². The number of benzene rings is 3. The summed E-state index contributed by atoms with van der Waals surface area (Å²) in [7, 11) is -2.92. The molecule has 3 rings (SSSR count). The van der Waals surface area contributed by atoms with Gasteiger partial charge in [-0.1, -0.05) is 156 Å². The standard InChI is InChI=1S/3C19H31F3N.BO3/c3*1-4-7-14-23(15-8-5-2,16-9-6-3)18-13-11-10-12-17(18)19(20,21)22;2-1(3)4/h3*10-13H,4-9,14-16H2,1-3H3;/q3*+1;-3. The number of nitrogens with zero attached hydrogens (tertiary/aromatic N) is 3. The van der Waals surface area contributed by atoms with Crippen LogP contribution in [0.4, 0.5) is 56.6 Å². The molecule has 0 aliphatic carbocycles. The van der Waals surface area contributed by atoms with Crippen LogP contribution in [0.25, 0.3) is 0 Å². The van der Waals surface area contributed by atoms with Crippen molar-refractivity contribution in [2.45, 2.75) is 196 Å². The van der Waals surface area contributed by atoms with Crippen LogP contribution in [0.3, 0.4) is 0 Å². The van der Waals surface area contributed by atoms with Crippen LogP contribution in [-0.2, 0) is 18.5 Å². The lowest BCUT2D eigenvalue weighted by atomic mass is 10.0. The summed E-state index contributed by atoms with van der Waals surface area (Å²) >= 11 is 0. The van der Waals surface area contributed by atoms with Gasteiger partial charge in [0.05, 0.1) is 58.9 Å². The van der Waals surface area contributed by atoms with Crippen molar-refractivity contribution >= 4 is 24.4 Å². The Bertz CT molecular complexity index is 1570. The quantitative estimate of drug-likeness (QED) is 0.0379. The molecule has 0 atom stereocenters. The Balaban J connectivity index is 0.00000102. The van der Waals surface area contributed by atoms with Crippen LogP contribution in [0, 0.1) is 0 Å². The average Bonchev–Trinajstić information content (AvgIpc) is 3.35. The van der Waals surface area contributed by atoms with Crippen molar-refractivity contribution in [2.24, 2.45) is 0 Å². The first-order valence-electron chi connectivity index (χ1n) is 27.5. The maximum Gasteiger partial charge on any atom is 0.422 e. The van der Waals surface area contributed by atoms with Gasteiger partial charge < -0.3 is 15.1 Å². The Morgan fingerprint density at radius 3 is 0.562 bits per heavy atom. The summed E-state index contributed by atoms with van der Waals surface area (Å²) in [6.07, 6.45) is 4.82. The summed E-state index contributed by atoms with van der Waals surface area (Å²) in [5, 5.41) is 25.2. The van der Waals surface area contributed by atoms with Crippen molar-refractivity contribution in [1.82, 2.24) is 13.4 Å². The van der Waals surface area contributed by atoms with E-state index in [4.69, 9.17) is 15.1 Å². The molecule has 0 fully saturated rings. The van der Waals surface area contributed by atoms with Gasteiger partial charge in [0.15, 0.2) is 0 Å². The molecule has 6 nitrogen and oxygen atoms in total. The van der Waals surface area contributed by atoms with Crippen molar-refractivity contribution in [1.29, 1.82) is 0 Å². The Morgan fingerprint density at radius 2 is 0.438 bits per heavy atom. The lowest BCUT2D eigenvalue weighted by molar-refractivity contribution is -0.479. The minimum atomic E-state index is -4.29. The predicted octanol–water partition coefficient (Wildman–Crippen LogP) is 15.3. The highest BCUT2D eigenvalue weighted by atomic mass is 19.4. The lowest BCUT2D eigenvalue weighted by Gasteiger charge is -2.40. The second-order valence-electron chi connectivity index (χ2n) is 19.5. The van der Waals surface area contributed by atoms with Crippen molar-refractivity contribution < 1.29 is 54.6 Å². The van der Waals surface area contributed by atoms with Gasteiger partial charge >= 0.3 is 18.5 Å². The third-order valence-electron chi connectivity index (χ3n) is 13.6. The number of unbranched alkanes of at least 4 members (excludes halogenated alkanes) is 9. The predicted molar refractivity (Wildman–Crippen MR) is 283 cm³/mol. The zero-order valence-corrected chi connectivity index (χ0v) is 46.1. The van der Waals surface area contributed by atoms with Crippen LogP contribution in [0.1, 0.15) is 195 Å². The summed E-state index contributed by atoms with van der Waals surface area (Å²) in [5.41, 5.74) is 0.0379. The fraction of sp³-hybridized carbons (Fsp3) is 0.684. The third-order valence-corrected chi connectivity index (χ3v) is 13.6. The molecule has 0 heterocycles. The van der Waals surface area contributed by atoms with Gasteiger partial charge in [-0.25, -0.2) is 0 Å². The molecule has 0 amide bonds. The minimum absolute atomic E-state index is 0.455. The van der Waals surface area contributed by atoms with E-state index in [1.165, 1.54) is 36.4 Å². The Kier molecular flexibility index (Phi) is 35.2. The van der Waals surface area contributed by atoms with Gasteiger partial charge in [0.2, 0.25) is 0 Å². The molecule has 0 aliphatic rings. The number of alkyl halides is 9. The second kappa shape index (κ2) is 36.8. The first-order valence-corrected chi connectivity index (χ1v) is 27.5. The van der Waals surface area contributed by atoms with Gasteiger partial charge in [-0.05, 0) is 94.2 Å². The van der Waals surface area contributed by atoms with E-state index in [9.17, 15) is 39.5 Å². The normalized spacial score (nSPS) is 12.3. The Morgan fingerprint density at radius 1 is 0.301 bits per heavy atom. The first kappa shape index (κ1) is 69.9. The monoisotopic (exact) mass is 1050 g/mol. The molecule has 0 spiro atoms. The number of hydrogen-bond acceptors (Lipinski definition) is 3. The molecule has 420 valence electrons. The van der Waals surface area contributed by atoms with Crippen LogP contribution >= 0.6 is 0 Å². The summed E-state index contributed by atoms with van der Waals surface area (Å²) in [5.74, 6) is 0. The number of rotatable bonds is 30. The topological polar surface area (TPSA) is 69.2 Å². The zero-order valence-electron chi connectivity index (χ0n) is 46.1. The lowest BCUT2D eigenvalue weighted by Crippen LogP contribution is -2.56. The number of hydrogen-bond donors (Lipinski definition) is 0. The molecule has 3 aromatic carbocycles. The van der Waals surface area contributed by atoms with E-state index >= 15 is 0 Å².